The van der Waals surface area contributed by atoms with Crippen molar-refractivity contribution in [1.82, 2.24) is 0 Å². The summed E-state index contributed by atoms with van der Waals surface area (Å²) in [4.78, 5) is 0. The fraction of sp³-hybridized carbons (Fsp3) is 0.0769. The molecular weight excluding hydrogens is 203 g/mol. The van der Waals surface area contributed by atoms with E-state index in [0.29, 0.717) is 0 Å². The molecule has 78 valence electrons. The first kappa shape index (κ1) is 11.7. The minimum Gasteiger partial charge on any atom is -0.207 e. The molecule has 0 radical (unpaired) electrons. The summed E-state index contributed by atoms with van der Waals surface area (Å²) in [5.74, 6) is -0.292. The molecule has 0 N–H and O–H groups in total. The molecule has 0 bridgehead atoms. The second-order valence-electron chi connectivity index (χ2n) is 3.22. The molecule has 0 fully saturated rings. The standard InChI is InChI=1S/C13H9FN2/c1-10(7-12(8-15)9-16)6-11-2-4-13(14)5-3-11/h2-7H,1H3/b10-6-. The third-order valence-electron chi connectivity index (χ3n) is 1.88. The van der Waals surface area contributed by atoms with Gasteiger partial charge in [-0.2, -0.15) is 10.5 Å². The van der Waals surface area contributed by atoms with Crippen LogP contribution in [0.4, 0.5) is 4.39 Å². The van der Waals surface area contributed by atoms with E-state index >= 15 is 0 Å². The van der Waals surface area contributed by atoms with Gasteiger partial charge in [0.25, 0.3) is 0 Å². The Hall–Kier alpha value is -2.39. The van der Waals surface area contributed by atoms with Crippen LogP contribution in [0.1, 0.15) is 12.5 Å². The lowest BCUT2D eigenvalue weighted by atomic mass is 10.1. The summed E-state index contributed by atoms with van der Waals surface area (Å²) >= 11 is 0. The van der Waals surface area contributed by atoms with Crippen LogP contribution in [0.15, 0.2) is 41.5 Å². The van der Waals surface area contributed by atoms with E-state index < -0.39 is 0 Å². The van der Waals surface area contributed by atoms with E-state index in [0.717, 1.165) is 11.1 Å². The highest BCUT2D eigenvalue weighted by atomic mass is 19.1. The summed E-state index contributed by atoms with van der Waals surface area (Å²) in [6.07, 6.45) is 3.26. The highest BCUT2D eigenvalue weighted by Crippen LogP contribution is 2.10. The van der Waals surface area contributed by atoms with E-state index in [1.807, 2.05) is 0 Å². The first-order valence-electron chi connectivity index (χ1n) is 4.61. The molecule has 2 nitrogen and oxygen atoms in total. The van der Waals surface area contributed by atoms with Gasteiger partial charge in [-0.05, 0) is 36.3 Å². The Balaban J connectivity index is 2.95. The number of nitrogens with zero attached hydrogens (tertiary/aromatic N) is 2. The summed E-state index contributed by atoms with van der Waals surface area (Å²) in [5, 5.41) is 17.1. The lowest BCUT2D eigenvalue weighted by molar-refractivity contribution is 0.628. The van der Waals surface area contributed by atoms with Crippen molar-refractivity contribution in [3.8, 4) is 12.1 Å². The van der Waals surface area contributed by atoms with Crippen LogP contribution >= 0.6 is 0 Å². The van der Waals surface area contributed by atoms with E-state index in [2.05, 4.69) is 0 Å². The van der Waals surface area contributed by atoms with Gasteiger partial charge in [-0.3, -0.25) is 0 Å². The molecule has 0 spiro atoms. The number of halogens is 1. The number of benzene rings is 1. The Kier molecular flexibility index (Phi) is 4.00. The third kappa shape index (κ3) is 3.40. The summed E-state index contributed by atoms with van der Waals surface area (Å²) in [6.45, 7) is 1.78. The van der Waals surface area contributed by atoms with Gasteiger partial charge in [-0.25, -0.2) is 4.39 Å². The molecule has 0 aliphatic carbocycles. The fourth-order valence-electron chi connectivity index (χ4n) is 1.18. The largest absolute Gasteiger partial charge is 0.207 e. The molecule has 0 aromatic heterocycles. The zero-order valence-electron chi connectivity index (χ0n) is 8.74. The van der Waals surface area contributed by atoms with Crippen molar-refractivity contribution in [2.75, 3.05) is 0 Å². The summed E-state index contributed by atoms with van der Waals surface area (Å²) < 4.78 is 12.6. The Morgan fingerprint density at radius 3 is 2.25 bits per heavy atom. The molecular formula is C13H9FN2. The Labute approximate surface area is 93.6 Å². The molecule has 0 aliphatic rings. The van der Waals surface area contributed by atoms with E-state index in [1.165, 1.54) is 18.2 Å². The van der Waals surface area contributed by atoms with Gasteiger partial charge >= 0.3 is 0 Å². The smallest absolute Gasteiger partial charge is 0.129 e. The van der Waals surface area contributed by atoms with E-state index in [4.69, 9.17) is 10.5 Å². The SMILES string of the molecule is C/C(C=C(C#N)C#N)=C/c1ccc(F)cc1. The van der Waals surface area contributed by atoms with Crippen LogP contribution in [-0.4, -0.2) is 0 Å². The zero-order valence-corrected chi connectivity index (χ0v) is 8.74. The predicted molar refractivity (Wildman–Crippen MR) is 59.4 cm³/mol. The zero-order chi connectivity index (χ0) is 12.0. The van der Waals surface area contributed by atoms with E-state index in [1.54, 1.807) is 37.3 Å². The number of hydrogen-bond acceptors (Lipinski definition) is 2. The number of allylic oxidation sites excluding steroid dienone is 3. The molecule has 1 rings (SSSR count). The molecule has 0 saturated carbocycles. The van der Waals surface area contributed by atoms with Crippen LogP contribution in [0, 0.1) is 28.5 Å². The van der Waals surface area contributed by atoms with Crippen LogP contribution in [0.5, 0.6) is 0 Å². The van der Waals surface area contributed by atoms with Gasteiger partial charge in [-0.15, -0.1) is 0 Å². The van der Waals surface area contributed by atoms with Crippen molar-refractivity contribution in [2.24, 2.45) is 0 Å². The highest BCUT2D eigenvalue weighted by molar-refractivity contribution is 5.57. The molecule has 0 aliphatic heterocycles. The maximum atomic E-state index is 12.6. The van der Waals surface area contributed by atoms with Gasteiger partial charge in [0.1, 0.15) is 23.5 Å². The molecule has 0 amide bonds. The van der Waals surface area contributed by atoms with Crippen molar-refractivity contribution in [3.63, 3.8) is 0 Å². The van der Waals surface area contributed by atoms with Crippen molar-refractivity contribution >= 4 is 6.08 Å². The second kappa shape index (κ2) is 5.48. The number of nitriles is 2. The van der Waals surface area contributed by atoms with Crippen LogP contribution in [-0.2, 0) is 0 Å². The maximum Gasteiger partial charge on any atom is 0.129 e. The molecule has 0 unspecified atom stereocenters. The van der Waals surface area contributed by atoms with Crippen LogP contribution < -0.4 is 0 Å². The summed E-state index contributed by atoms with van der Waals surface area (Å²) in [5.41, 5.74) is 1.64. The fourth-order valence-corrected chi connectivity index (χ4v) is 1.18. The minimum absolute atomic E-state index is 0.0517. The van der Waals surface area contributed by atoms with Crippen molar-refractivity contribution in [3.05, 3.63) is 52.9 Å². The monoisotopic (exact) mass is 212 g/mol. The lowest BCUT2D eigenvalue weighted by Gasteiger charge is -1.95. The van der Waals surface area contributed by atoms with Gasteiger partial charge in [0.05, 0.1) is 0 Å². The lowest BCUT2D eigenvalue weighted by Crippen LogP contribution is -1.78. The van der Waals surface area contributed by atoms with Crippen LogP contribution in [0.25, 0.3) is 6.08 Å². The van der Waals surface area contributed by atoms with E-state index in [-0.39, 0.29) is 11.4 Å². The van der Waals surface area contributed by atoms with Gasteiger partial charge in [0.2, 0.25) is 0 Å². The van der Waals surface area contributed by atoms with Crippen molar-refractivity contribution in [2.45, 2.75) is 6.92 Å². The molecule has 3 heteroatoms. The molecule has 1 aromatic rings. The molecule has 0 heterocycles. The average molecular weight is 212 g/mol. The predicted octanol–water partition coefficient (Wildman–Crippen LogP) is 3.20. The van der Waals surface area contributed by atoms with Crippen LogP contribution in [0.2, 0.25) is 0 Å². The Morgan fingerprint density at radius 2 is 1.75 bits per heavy atom. The second-order valence-corrected chi connectivity index (χ2v) is 3.22. The average Bonchev–Trinajstić information content (AvgIpc) is 2.29. The summed E-state index contributed by atoms with van der Waals surface area (Å²) in [7, 11) is 0. The van der Waals surface area contributed by atoms with Gasteiger partial charge in [0.15, 0.2) is 0 Å². The molecule has 1 aromatic carbocycles. The van der Waals surface area contributed by atoms with Crippen molar-refractivity contribution in [1.29, 1.82) is 10.5 Å². The van der Waals surface area contributed by atoms with Crippen LogP contribution in [0.3, 0.4) is 0 Å². The molecule has 0 atom stereocenters. The van der Waals surface area contributed by atoms with Gasteiger partial charge < -0.3 is 0 Å². The first-order chi connectivity index (χ1) is 7.65. The Bertz CT molecular complexity index is 494. The quantitative estimate of drug-likeness (QED) is 0.558. The maximum absolute atomic E-state index is 12.6. The summed E-state index contributed by atoms with van der Waals surface area (Å²) in [6, 6.07) is 9.53. The number of rotatable bonds is 2. The third-order valence-corrected chi connectivity index (χ3v) is 1.88. The normalized spacial score (nSPS) is 10.1. The first-order valence-corrected chi connectivity index (χ1v) is 4.61. The minimum atomic E-state index is -0.292. The topological polar surface area (TPSA) is 47.6 Å². The van der Waals surface area contributed by atoms with E-state index in [9.17, 15) is 4.39 Å². The molecule has 0 saturated heterocycles. The highest BCUT2D eigenvalue weighted by Gasteiger charge is 1.94. The molecule has 16 heavy (non-hydrogen) atoms. The van der Waals surface area contributed by atoms with Crippen molar-refractivity contribution < 1.29 is 4.39 Å². The number of hydrogen-bond donors (Lipinski definition) is 0. The van der Waals surface area contributed by atoms with Gasteiger partial charge in [-0.1, -0.05) is 18.2 Å². The Morgan fingerprint density at radius 1 is 1.19 bits per heavy atom. The van der Waals surface area contributed by atoms with Gasteiger partial charge in [0, 0.05) is 0 Å².